The molecule has 0 spiro atoms. The highest BCUT2D eigenvalue weighted by Gasteiger charge is 2.57. The van der Waals surface area contributed by atoms with Gasteiger partial charge in [-0.15, -0.1) is 0 Å². The summed E-state index contributed by atoms with van der Waals surface area (Å²) in [5.74, 6) is -1.000. The molecule has 5 rings (SSSR count). The highest BCUT2D eigenvalue weighted by molar-refractivity contribution is 5.90. The minimum atomic E-state index is -0.745. The van der Waals surface area contributed by atoms with Crippen molar-refractivity contribution in [3.63, 3.8) is 0 Å². The van der Waals surface area contributed by atoms with E-state index in [0.717, 1.165) is 30.5 Å². The molecule has 2 aromatic rings. The second-order valence-corrected chi connectivity index (χ2v) is 10.0. The summed E-state index contributed by atoms with van der Waals surface area (Å²) in [6, 6.07) is 12.2. The van der Waals surface area contributed by atoms with Gasteiger partial charge in [-0.2, -0.15) is 0 Å². The lowest BCUT2D eigenvalue weighted by molar-refractivity contribution is -0.142. The number of carbonyl (C=O) groups excluding carboxylic acids is 2. The summed E-state index contributed by atoms with van der Waals surface area (Å²) in [6.45, 7) is 0.314. The van der Waals surface area contributed by atoms with Crippen LogP contribution in [-0.4, -0.2) is 70.6 Å². The number of aliphatic hydroxyl groups excluding tert-OH is 1. The Morgan fingerprint density at radius 3 is 2.47 bits per heavy atom. The van der Waals surface area contributed by atoms with E-state index >= 15 is 0 Å². The van der Waals surface area contributed by atoms with E-state index in [1.165, 1.54) is 0 Å². The highest BCUT2D eigenvalue weighted by Crippen LogP contribution is 2.49. The number of hydrogen-bond acceptors (Lipinski definition) is 5. The Morgan fingerprint density at radius 1 is 1.12 bits per heavy atom. The van der Waals surface area contributed by atoms with Crippen LogP contribution in [0.5, 0.6) is 0 Å². The number of rotatable bonds is 6. The van der Waals surface area contributed by atoms with Crippen LogP contribution in [0.2, 0.25) is 0 Å². The average molecular weight is 465 g/mol. The summed E-state index contributed by atoms with van der Waals surface area (Å²) in [6.07, 6.45) is 2.98. The van der Waals surface area contributed by atoms with Crippen LogP contribution in [0.4, 0.5) is 0 Å². The molecule has 2 amide bonds. The molecular formula is C26H32N4O4. The van der Waals surface area contributed by atoms with Crippen LogP contribution in [0, 0.1) is 11.8 Å². The largest absolute Gasteiger partial charge is 0.396 e. The third-order valence-corrected chi connectivity index (χ3v) is 7.62. The Kier molecular flexibility index (Phi) is 6.04. The first kappa shape index (κ1) is 22.8. The third-order valence-electron chi connectivity index (χ3n) is 7.62. The van der Waals surface area contributed by atoms with E-state index in [-0.39, 0.29) is 42.5 Å². The zero-order chi connectivity index (χ0) is 24.0. The molecule has 4 atom stereocenters. The lowest BCUT2D eigenvalue weighted by Gasteiger charge is -2.34. The second kappa shape index (κ2) is 9.00. The van der Waals surface area contributed by atoms with Gasteiger partial charge in [0.25, 0.3) is 5.56 Å². The fourth-order valence-electron chi connectivity index (χ4n) is 5.80. The Labute approximate surface area is 199 Å². The molecule has 1 aromatic heterocycles. The zero-order valence-electron chi connectivity index (χ0n) is 19.7. The number of pyridine rings is 1. The predicted octanol–water partition coefficient (Wildman–Crippen LogP) is 1.24. The van der Waals surface area contributed by atoms with Crippen LogP contribution < -0.4 is 10.9 Å². The first-order chi connectivity index (χ1) is 16.4. The minimum Gasteiger partial charge on any atom is -0.396 e. The van der Waals surface area contributed by atoms with Gasteiger partial charge in [-0.1, -0.05) is 30.3 Å². The van der Waals surface area contributed by atoms with Crippen molar-refractivity contribution in [2.24, 2.45) is 11.8 Å². The standard InChI is InChI=1S/C26H32N4O4/c1-28(2)14-22(32)30-23-19(20(15-31)24(30)25(33)27-17-9-6-10-17)13-29-21(23)12-11-18(26(29)34)16-7-4-3-5-8-16/h3-5,7-8,11-12,17,19-20,23-24,31H,6,9-10,13-15H2,1-2H3,(H,27,33)/t19-,20-,23+,24-/m1/s1. The van der Waals surface area contributed by atoms with Gasteiger partial charge >= 0.3 is 0 Å². The van der Waals surface area contributed by atoms with Crippen molar-refractivity contribution in [3.05, 3.63) is 58.5 Å². The molecule has 0 unspecified atom stereocenters. The van der Waals surface area contributed by atoms with Gasteiger partial charge in [0.15, 0.2) is 0 Å². The van der Waals surface area contributed by atoms with Gasteiger partial charge in [0.05, 0.1) is 12.6 Å². The molecule has 2 aliphatic heterocycles. The van der Waals surface area contributed by atoms with Gasteiger partial charge in [-0.05, 0) is 51.1 Å². The smallest absolute Gasteiger partial charge is 0.258 e. The normalized spacial score (nSPS) is 25.7. The van der Waals surface area contributed by atoms with Crippen LogP contribution in [0.3, 0.4) is 0 Å². The van der Waals surface area contributed by atoms with Crippen molar-refractivity contribution < 1.29 is 14.7 Å². The number of carbonyl (C=O) groups is 2. The topological polar surface area (TPSA) is 94.9 Å². The van der Waals surface area contributed by atoms with Gasteiger partial charge in [-0.25, -0.2) is 0 Å². The number of hydrogen-bond donors (Lipinski definition) is 2. The zero-order valence-corrected chi connectivity index (χ0v) is 19.7. The molecule has 1 saturated heterocycles. The molecule has 8 nitrogen and oxygen atoms in total. The van der Waals surface area contributed by atoms with Crippen molar-refractivity contribution in [2.75, 3.05) is 27.2 Å². The molecule has 2 N–H and O–H groups in total. The fraction of sp³-hybridized carbons (Fsp3) is 0.500. The number of nitrogens with zero attached hydrogens (tertiary/aromatic N) is 3. The van der Waals surface area contributed by atoms with Gasteiger partial charge in [0.2, 0.25) is 11.8 Å². The number of nitrogens with one attached hydrogen (secondary N) is 1. The third kappa shape index (κ3) is 3.75. The number of aliphatic hydroxyl groups is 1. The van der Waals surface area contributed by atoms with E-state index in [1.54, 1.807) is 14.4 Å². The maximum absolute atomic E-state index is 13.5. The van der Waals surface area contributed by atoms with Crippen LogP contribution in [-0.2, 0) is 16.1 Å². The van der Waals surface area contributed by atoms with Crippen LogP contribution >= 0.6 is 0 Å². The lowest BCUT2D eigenvalue weighted by atomic mass is 9.87. The van der Waals surface area contributed by atoms with E-state index in [4.69, 9.17) is 0 Å². The molecule has 1 aliphatic carbocycles. The molecule has 0 bridgehead atoms. The molecule has 3 aliphatic rings. The Balaban J connectivity index is 1.55. The van der Waals surface area contributed by atoms with E-state index in [1.807, 2.05) is 56.6 Å². The quantitative estimate of drug-likeness (QED) is 0.671. The average Bonchev–Trinajstić information content (AvgIpc) is 3.31. The molecule has 0 radical (unpaired) electrons. The molecule has 34 heavy (non-hydrogen) atoms. The monoisotopic (exact) mass is 464 g/mol. The molecule has 1 aromatic carbocycles. The number of fused-ring (bicyclic) bond motifs is 3. The van der Waals surface area contributed by atoms with Crippen molar-refractivity contribution in [2.45, 2.75) is 43.9 Å². The van der Waals surface area contributed by atoms with E-state index in [2.05, 4.69) is 5.32 Å². The number of likely N-dealkylation sites (tertiary alicyclic amines) is 1. The van der Waals surface area contributed by atoms with Crippen molar-refractivity contribution in [1.29, 1.82) is 0 Å². The summed E-state index contributed by atoms with van der Waals surface area (Å²) in [7, 11) is 3.63. The number of likely N-dealkylation sites (N-methyl/N-ethyl adjacent to an activating group) is 1. The van der Waals surface area contributed by atoms with Crippen LogP contribution in [0.15, 0.2) is 47.3 Å². The Morgan fingerprint density at radius 2 is 1.85 bits per heavy atom. The summed E-state index contributed by atoms with van der Waals surface area (Å²) in [4.78, 5) is 43.7. The molecule has 3 heterocycles. The molecule has 8 heteroatoms. The lowest BCUT2D eigenvalue weighted by Crippen LogP contribution is -2.54. The number of benzene rings is 1. The molecular weight excluding hydrogens is 432 g/mol. The van der Waals surface area contributed by atoms with Gasteiger partial charge < -0.3 is 24.8 Å². The fourth-order valence-corrected chi connectivity index (χ4v) is 5.80. The van der Waals surface area contributed by atoms with Crippen molar-refractivity contribution in [3.8, 4) is 11.1 Å². The summed E-state index contributed by atoms with van der Waals surface area (Å²) in [5, 5.41) is 13.5. The van der Waals surface area contributed by atoms with Gasteiger partial charge in [0, 0.05) is 42.3 Å². The predicted molar refractivity (Wildman–Crippen MR) is 128 cm³/mol. The van der Waals surface area contributed by atoms with E-state index in [9.17, 15) is 19.5 Å². The first-order valence-electron chi connectivity index (χ1n) is 12.1. The minimum absolute atomic E-state index is 0.106. The molecule has 2 fully saturated rings. The highest BCUT2D eigenvalue weighted by atomic mass is 16.3. The van der Waals surface area contributed by atoms with Crippen molar-refractivity contribution >= 4 is 11.8 Å². The maximum Gasteiger partial charge on any atom is 0.258 e. The van der Waals surface area contributed by atoms with Gasteiger partial charge in [0.1, 0.15) is 6.04 Å². The number of amides is 2. The van der Waals surface area contributed by atoms with E-state index < -0.39 is 18.0 Å². The summed E-state index contributed by atoms with van der Waals surface area (Å²) in [5.41, 5.74) is 2.08. The maximum atomic E-state index is 13.5. The van der Waals surface area contributed by atoms with Gasteiger partial charge in [-0.3, -0.25) is 14.4 Å². The second-order valence-electron chi connectivity index (χ2n) is 10.0. The summed E-state index contributed by atoms with van der Waals surface area (Å²) < 4.78 is 1.73. The molecule has 180 valence electrons. The number of aromatic nitrogens is 1. The first-order valence-corrected chi connectivity index (χ1v) is 12.1. The molecule has 1 saturated carbocycles. The van der Waals surface area contributed by atoms with Crippen LogP contribution in [0.25, 0.3) is 11.1 Å². The Bertz CT molecular complexity index is 1140. The SMILES string of the molecule is CN(C)CC(=O)N1[C@@H]2c3ccc(-c4ccccc4)c(=O)n3C[C@@H]2[C@@H](CO)[C@@H]1C(=O)NC1CCC1. The Hall–Kier alpha value is -2.97. The van der Waals surface area contributed by atoms with Crippen molar-refractivity contribution in [1.82, 2.24) is 19.7 Å². The van der Waals surface area contributed by atoms with Crippen LogP contribution in [0.1, 0.15) is 31.0 Å². The van der Waals surface area contributed by atoms with E-state index in [0.29, 0.717) is 12.1 Å². The summed E-state index contributed by atoms with van der Waals surface area (Å²) >= 11 is 0.